The van der Waals surface area contributed by atoms with E-state index in [1.54, 1.807) is 7.11 Å². The van der Waals surface area contributed by atoms with Crippen LogP contribution in [0, 0.1) is 0 Å². The van der Waals surface area contributed by atoms with Gasteiger partial charge >= 0.3 is 7.60 Å². The van der Waals surface area contributed by atoms with Gasteiger partial charge < -0.3 is 23.4 Å². The lowest BCUT2D eigenvalue weighted by Gasteiger charge is -2.35. The average Bonchev–Trinajstić information content (AvgIpc) is 2.79. The summed E-state index contributed by atoms with van der Waals surface area (Å²) < 4.78 is 29.6. The van der Waals surface area contributed by atoms with Crippen molar-refractivity contribution in [1.82, 2.24) is 0 Å². The highest BCUT2D eigenvalue weighted by Crippen LogP contribution is 2.51. The molecule has 7 heteroatoms. The fourth-order valence-corrected chi connectivity index (χ4v) is 5.93. The zero-order valence-corrected chi connectivity index (χ0v) is 24.6. The maximum absolute atomic E-state index is 12.7. The Hall–Kier alpha value is -0.490. The van der Waals surface area contributed by atoms with E-state index in [9.17, 15) is 9.46 Å². The van der Waals surface area contributed by atoms with Crippen LogP contribution in [0.5, 0.6) is 0 Å². The number of hydrogen-bond donors (Lipinski definition) is 1. The molecule has 2 unspecified atom stereocenters. The molecule has 0 aliphatic rings. The van der Waals surface area contributed by atoms with E-state index in [1.165, 1.54) is 57.8 Å². The lowest BCUT2D eigenvalue weighted by molar-refractivity contribution is -0.883. The Kier molecular flexibility index (Phi) is 21.3. The number of unbranched alkanes of at least 4 members (excludes halogenated alkanes) is 9. The Morgan fingerprint density at radius 1 is 0.800 bits per heavy atom. The lowest BCUT2D eigenvalue weighted by atomic mass is 10.1. The summed E-state index contributed by atoms with van der Waals surface area (Å²) in [5.74, 6) is -0.461. The number of allylic oxidation sites excluding steroid dienone is 4. The second-order valence-electron chi connectivity index (χ2n) is 10.4. The topological polar surface area (TPSA) is 65.0 Å². The summed E-state index contributed by atoms with van der Waals surface area (Å²) in [6.07, 6.45) is 24.2. The molecular formula is C28H57NO5P+. The summed E-state index contributed by atoms with van der Waals surface area (Å²) >= 11 is 0. The molecule has 0 spiro atoms. The van der Waals surface area contributed by atoms with Gasteiger partial charge in [0, 0.05) is 20.1 Å². The average molecular weight is 519 g/mol. The normalized spacial score (nSPS) is 16.2. The van der Waals surface area contributed by atoms with Crippen LogP contribution in [0.1, 0.15) is 97.3 Å². The highest BCUT2D eigenvalue weighted by atomic mass is 31.2. The Morgan fingerprint density at radius 2 is 1.31 bits per heavy atom. The van der Waals surface area contributed by atoms with Gasteiger partial charge in [0.05, 0.1) is 34.4 Å². The van der Waals surface area contributed by atoms with Gasteiger partial charge in [-0.25, -0.2) is 0 Å². The largest absolute Gasteiger partial charge is 0.385 e. The maximum atomic E-state index is 12.7. The van der Waals surface area contributed by atoms with Crippen molar-refractivity contribution in [2.45, 2.75) is 109 Å². The van der Waals surface area contributed by atoms with E-state index in [-0.39, 0.29) is 12.7 Å². The predicted molar refractivity (Wildman–Crippen MR) is 149 cm³/mol. The third-order valence-electron chi connectivity index (χ3n) is 6.18. The van der Waals surface area contributed by atoms with Crippen LogP contribution in [-0.2, 0) is 18.6 Å². The minimum absolute atomic E-state index is 0.0564. The van der Waals surface area contributed by atoms with Gasteiger partial charge in [-0.2, -0.15) is 0 Å². The molecule has 0 bridgehead atoms. The van der Waals surface area contributed by atoms with E-state index in [2.05, 4.69) is 31.2 Å². The Bertz CT molecular complexity index is 588. The summed E-state index contributed by atoms with van der Waals surface area (Å²) in [7, 11) is 3.55. The Labute approximate surface area is 217 Å². The molecule has 1 N–H and O–H groups in total. The molecule has 0 radical (unpaired) electrons. The fourth-order valence-electron chi connectivity index (χ4n) is 4.04. The number of rotatable bonds is 24. The van der Waals surface area contributed by atoms with Gasteiger partial charge in [0.25, 0.3) is 0 Å². The fraction of sp³-hybridized carbons (Fsp3) is 0.857. The number of ether oxygens (including phenoxy) is 2. The molecule has 6 nitrogen and oxygen atoms in total. The van der Waals surface area contributed by atoms with Crippen LogP contribution in [0.3, 0.4) is 0 Å². The van der Waals surface area contributed by atoms with Crippen LogP contribution >= 0.6 is 7.60 Å². The van der Waals surface area contributed by atoms with E-state index in [0.717, 1.165) is 19.3 Å². The van der Waals surface area contributed by atoms with Crippen molar-refractivity contribution in [3.05, 3.63) is 24.3 Å². The molecule has 0 aromatic rings. The highest BCUT2D eigenvalue weighted by molar-refractivity contribution is 7.53. The van der Waals surface area contributed by atoms with E-state index in [0.29, 0.717) is 24.1 Å². The Morgan fingerprint density at radius 3 is 1.77 bits per heavy atom. The zero-order chi connectivity index (χ0) is 26.4. The summed E-state index contributed by atoms with van der Waals surface area (Å²) in [4.78, 5) is 10.4. The lowest BCUT2D eigenvalue weighted by Crippen LogP contribution is -2.45. The van der Waals surface area contributed by atoms with Crippen molar-refractivity contribution >= 4 is 7.60 Å². The van der Waals surface area contributed by atoms with E-state index >= 15 is 0 Å². The molecule has 0 heterocycles. The molecule has 0 amide bonds. The molecule has 0 aliphatic carbocycles. The molecule has 35 heavy (non-hydrogen) atoms. The third-order valence-corrected chi connectivity index (χ3v) is 8.51. The highest BCUT2D eigenvalue weighted by Gasteiger charge is 2.41. The molecule has 0 aliphatic heterocycles. The second-order valence-corrected chi connectivity index (χ2v) is 12.4. The van der Waals surface area contributed by atoms with Gasteiger partial charge in [-0.05, 0) is 57.8 Å². The van der Waals surface area contributed by atoms with Crippen LogP contribution in [0.4, 0.5) is 0 Å². The van der Waals surface area contributed by atoms with E-state index < -0.39 is 13.4 Å². The maximum Gasteiger partial charge on any atom is 0.385 e. The van der Waals surface area contributed by atoms with Crippen LogP contribution < -0.4 is 0 Å². The summed E-state index contributed by atoms with van der Waals surface area (Å²) in [5.41, 5.74) is 0. The molecule has 208 valence electrons. The van der Waals surface area contributed by atoms with Gasteiger partial charge in [0.15, 0.2) is 5.78 Å². The minimum atomic E-state index is -3.74. The summed E-state index contributed by atoms with van der Waals surface area (Å²) in [5, 5.41) is 0. The van der Waals surface area contributed by atoms with Gasteiger partial charge in [0.1, 0.15) is 6.10 Å². The van der Waals surface area contributed by atoms with Crippen molar-refractivity contribution in [2.75, 3.05) is 48.1 Å². The third kappa shape index (κ3) is 19.3. The van der Waals surface area contributed by atoms with E-state index in [4.69, 9.17) is 14.0 Å². The quantitative estimate of drug-likeness (QED) is 0.0621. The monoisotopic (exact) mass is 518 g/mol. The molecule has 0 saturated heterocycles. The molecule has 0 fully saturated rings. The first-order valence-corrected chi connectivity index (χ1v) is 15.5. The second kappa shape index (κ2) is 21.6. The van der Waals surface area contributed by atoms with Gasteiger partial charge in [0.2, 0.25) is 0 Å². The van der Waals surface area contributed by atoms with Crippen LogP contribution in [-0.4, -0.2) is 69.3 Å². The van der Waals surface area contributed by atoms with Crippen molar-refractivity contribution in [2.24, 2.45) is 0 Å². The Balaban J connectivity index is 3.75. The first kappa shape index (κ1) is 34.5. The van der Waals surface area contributed by atoms with Crippen molar-refractivity contribution in [3.63, 3.8) is 0 Å². The zero-order valence-electron chi connectivity index (χ0n) is 23.8. The van der Waals surface area contributed by atoms with Gasteiger partial charge in [-0.1, -0.05) is 57.4 Å². The standard InChI is InChI=1S/C28H56NO5P/c1-7-9-10-11-12-13-14-15-16-17-18-19-20-21-22-23-24-33-25-27(32-6)26-34-35(30,31)28(8-2)29(3,4)5/h12-13,18-19,27-28H,7-11,14-17,20-26H2,1-6H3/p+1/b13-12-,19-18-/t27-,28?/m1/s1. The number of methoxy groups -OCH3 is 1. The predicted octanol–water partition coefficient (Wildman–Crippen LogP) is 7.48. The van der Waals surface area contributed by atoms with Crippen molar-refractivity contribution in [3.8, 4) is 0 Å². The first-order valence-electron chi connectivity index (χ1n) is 13.9. The first-order chi connectivity index (χ1) is 16.7. The molecule has 3 atom stereocenters. The summed E-state index contributed by atoms with van der Waals surface area (Å²) in [6, 6.07) is 0. The van der Waals surface area contributed by atoms with Crippen LogP contribution in [0.15, 0.2) is 24.3 Å². The smallest absolute Gasteiger partial charge is 0.379 e. The number of nitrogens with zero attached hydrogens (tertiary/aromatic N) is 1. The van der Waals surface area contributed by atoms with Gasteiger partial charge in [-0.3, -0.25) is 4.57 Å². The number of quaternary nitrogens is 1. The number of hydrogen-bond acceptors (Lipinski definition) is 4. The minimum Gasteiger partial charge on any atom is -0.379 e. The SMILES string of the molecule is CCCCC/C=C\CCCC/C=C\CCCCCOC[C@H](COP(=O)(O)C(CC)[N+](C)(C)C)OC. The van der Waals surface area contributed by atoms with Crippen molar-refractivity contribution in [1.29, 1.82) is 0 Å². The molecular weight excluding hydrogens is 461 g/mol. The molecule has 0 saturated carbocycles. The molecule has 0 rings (SSSR count). The summed E-state index contributed by atoms with van der Waals surface area (Å²) in [6.45, 7) is 5.25. The van der Waals surface area contributed by atoms with E-state index in [1.807, 2.05) is 28.1 Å². The van der Waals surface area contributed by atoms with Crippen LogP contribution in [0.2, 0.25) is 0 Å². The van der Waals surface area contributed by atoms with Crippen LogP contribution in [0.25, 0.3) is 0 Å². The van der Waals surface area contributed by atoms with Gasteiger partial charge in [-0.15, -0.1) is 0 Å². The molecule has 0 aromatic heterocycles. The van der Waals surface area contributed by atoms with Crippen molar-refractivity contribution < 1.29 is 27.9 Å². The molecule has 0 aromatic carbocycles.